The molecule has 0 aliphatic carbocycles. The second-order valence-electron chi connectivity index (χ2n) is 4.21. The molecule has 24 heavy (non-hydrogen) atoms. The Hall–Kier alpha value is -0.760. The van der Waals surface area contributed by atoms with Crippen LogP contribution in [0.5, 0.6) is 0 Å². The number of hydrogen-bond acceptors (Lipinski definition) is 0. The number of halogens is 16. The van der Waals surface area contributed by atoms with Crippen LogP contribution in [0.4, 0.5) is 65.9 Å². The second-order valence-corrected chi connectivity index (χ2v) is 4.68. The molecule has 0 unspecified atom stereocenters. The molecule has 16 heteroatoms. The highest BCUT2D eigenvalue weighted by Crippen LogP contribution is 2.62. The third-order valence-corrected chi connectivity index (χ3v) is 2.80. The minimum Gasteiger partial charge on any atom is -0.244 e. The van der Waals surface area contributed by atoms with Gasteiger partial charge in [0.2, 0.25) is 0 Å². The molecule has 0 aliphatic heterocycles. The van der Waals surface area contributed by atoms with Gasteiger partial charge in [-0.15, -0.1) is 0 Å². The molecule has 0 heterocycles. The van der Waals surface area contributed by atoms with E-state index in [1.165, 1.54) is 0 Å². The molecular weight excluding hydrogens is 417 g/mol. The standard InChI is InChI=1S/C8H2ClF15/c9-8(23,24)7(21,22)6(19,20)5(17,18)4(15,16)3(13,14)2(11,12)1-10/h1H2. The van der Waals surface area contributed by atoms with Crippen molar-refractivity contribution >= 4 is 11.6 Å². The van der Waals surface area contributed by atoms with Gasteiger partial charge in [0, 0.05) is 0 Å². The minimum absolute atomic E-state index is 3.36. The van der Waals surface area contributed by atoms with Crippen molar-refractivity contribution < 1.29 is 65.9 Å². The molecule has 0 nitrogen and oxygen atoms in total. The highest BCUT2D eigenvalue weighted by molar-refractivity contribution is 6.22. The maximum atomic E-state index is 12.9. The van der Waals surface area contributed by atoms with Crippen LogP contribution < -0.4 is 0 Å². The van der Waals surface area contributed by atoms with E-state index in [0.717, 1.165) is 0 Å². The zero-order chi connectivity index (χ0) is 20.2. The van der Waals surface area contributed by atoms with Crippen LogP contribution in [-0.2, 0) is 0 Å². The molecule has 0 aromatic heterocycles. The SMILES string of the molecule is FCC(F)(F)C(F)(F)C(F)(F)C(F)(F)C(F)(F)C(F)(F)C(F)(F)Cl. The maximum absolute atomic E-state index is 12.9. The van der Waals surface area contributed by atoms with E-state index in [2.05, 4.69) is 11.6 Å². The van der Waals surface area contributed by atoms with Gasteiger partial charge in [0.15, 0.2) is 6.67 Å². The molecule has 0 saturated heterocycles. The Bertz CT molecular complexity index is 461. The first-order valence-corrected chi connectivity index (χ1v) is 5.33. The van der Waals surface area contributed by atoms with Gasteiger partial charge in [0.05, 0.1) is 0 Å². The van der Waals surface area contributed by atoms with Crippen molar-refractivity contribution in [1.29, 1.82) is 0 Å². The lowest BCUT2D eigenvalue weighted by Gasteiger charge is -2.41. The molecule has 0 N–H and O–H groups in total. The molecule has 0 amide bonds. The summed E-state index contributed by atoms with van der Waals surface area (Å²) in [6.45, 7) is -3.79. The Kier molecular flexibility index (Phi) is 5.45. The Labute approximate surface area is 126 Å². The third-order valence-electron chi connectivity index (χ3n) is 2.56. The van der Waals surface area contributed by atoms with Crippen molar-refractivity contribution in [2.45, 2.75) is 40.9 Å². The van der Waals surface area contributed by atoms with Gasteiger partial charge in [-0.25, -0.2) is 4.39 Å². The van der Waals surface area contributed by atoms with Crippen molar-refractivity contribution in [2.75, 3.05) is 6.67 Å². The molecule has 146 valence electrons. The highest BCUT2D eigenvalue weighted by atomic mass is 35.5. The van der Waals surface area contributed by atoms with Gasteiger partial charge in [-0.2, -0.15) is 61.5 Å². The molecule has 0 bridgehead atoms. The summed E-state index contributed by atoms with van der Waals surface area (Å²) < 4.78 is 188. The highest BCUT2D eigenvalue weighted by Gasteiger charge is 2.92. The van der Waals surface area contributed by atoms with E-state index in [9.17, 15) is 65.9 Å². The Morgan fingerprint density at radius 2 is 0.708 bits per heavy atom. The molecule has 0 aromatic carbocycles. The summed E-state index contributed by atoms with van der Waals surface area (Å²) in [5, 5.41) is -6.67. The molecule has 0 fully saturated rings. The summed E-state index contributed by atoms with van der Waals surface area (Å²) in [7, 11) is 0. The molecule has 0 atom stereocenters. The largest absolute Gasteiger partial charge is 0.393 e. The van der Waals surface area contributed by atoms with E-state index < -0.39 is 47.6 Å². The minimum atomic E-state index is -8.20. The van der Waals surface area contributed by atoms with Gasteiger partial charge in [-0.1, -0.05) is 0 Å². The van der Waals surface area contributed by atoms with Crippen LogP contribution in [0.2, 0.25) is 0 Å². The van der Waals surface area contributed by atoms with Crippen molar-refractivity contribution in [3.8, 4) is 0 Å². The fourth-order valence-corrected chi connectivity index (χ4v) is 1.20. The monoisotopic (exact) mass is 418 g/mol. The number of rotatable bonds is 7. The van der Waals surface area contributed by atoms with Crippen LogP contribution in [-0.4, -0.2) is 47.6 Å². The Morgan fingerprint density at radius 3 is 0.958 bits per heavy atom. The van der Waals surface area contributed by atoms with Crippen LogP contribution in [0.25, 0.3) is 0 Å². The van der Waals surface area contributed by atoms with E-state index >= 15 is 0 Å². The number of hydrogen-bond donors (Lipinski definition) is 0. The predicted octanol–water partition coefficient (Wildman–Crippen LogP) is 5.60. The van der Waals surface area contributed by atoms with Crippen molar-refractivity contribution in [3.05, 3.63) is 0 Å². The van der Waals surface area contributed by atoms with Gasteiger partial charge in [0.1, 0.15) is 0 Å². The lowest BCUT2D eigenvalue weighted by molar-refractivity contribution is -0.436. The molecule has 0 aliphatic rings. The van der Waals surface area contributed by atoms with Crippen LogP contribution in [0.3, 0.4) is 0 Å². The van der Waals surface area contributed by atoms with Crippen molar-refractivity contribution in [3.63, 3.8) is 0 Å². The second kappa shape index (κ2) is 5.62. The fourth-order valence-electron chi connectivity index (χ4n) is 1.08. The molecule has 0 saturated carbocycles. The fraction of sp³-hybridized carbons (Fsp3) is 1.00. The first-order chi connectivity index (χ1) is 10.1. The van der Waals surface area contributed by atoms with Crippen LogP contribution in [0.15, 0.2) is 0 Å². The quantitative estimate of drug-likeness (QED) is 0.373. The first kappa shape index (κ1) is 23.2. The molecule has 0 aromatic rings. The molecule has 0 radical (unpaired) electrons. The summed E-state index contributed by atoms with van der Waals surface area (Å²) in [4.78, 5) is 0. The average molecular weight is 419 g/mol. The lowest BCUT2D eigenvalue weighted by atomic mass is 9.91. The van der Waals surface area contributed by atoms with E-state index in [-0.39, 0.29) is 0 Å². The van der Waals surface area contributed by atoms with Crippen LogP contribution in [0, 0.1) is 0 Å². The average Bonchev–Trinajstić information content (AvgIpc) is 2.36. The van der Waals surface area contributed by atoms with Gasteiger partial charge in [-0.05, 0) is 11.6 Å². The van der Waals surface area contributed by atoms with Crippen LogP contribution >= 0.6 is 11.6 Å². The Morgan fingerprint density at radius 1 is 0.458 bits per heavy atom. The third kappa shape index (κ3) is 2.75. The summed E-state index contributed by atoms with van der Waals surface area (Å²) in [6, 6.07) is 0. The Balaban J connectivity index is 6.42. The van der Waals surface area contributed by atoms with Crippen molar-refractivity contribution in [2.24, 2.45) is 0 Å². The van der Waals surface area contributed by atoms with Gasteiger partial charge < -0.3 is 0 Å². The first-order valence-electron chi connectivity index (χ1n) is 4.96. The lowest BCUT2D eigenvalue weighted by Crippen LogP contribution is -2.72. The van der Waals surface area contributed by atoms with E-state index in [1.54, 1.807) is 0 Å². The summed E-state index contributed by atoms with van der Waals surface area (Å²) in [5.41, 5.74) is 0. The van der Waals surface area contributed by atoms with E-state index in [0.29, 0.717) is 0 Å². The van der Waals surface area contributed by atoms with E-state index in [4.69, 9.17) is 0 Å². The van der Waals surface area contributed by atoms with Gasteiger partial charge >= 0.3 is 40.9 Å². The molecular formula is C8H2ClF15. The zero-order valence-electron chi connectivity index (χ0n) is 10.3. The van der Waals surface area contributed by atoms with Crippen LogP contribution in [0.1, 0.15) is 0 Å². The summed E-state index contributed by atoms with van der Waals surface area (Å²) in [6.07, 6.45) is 0. The van der Waals surface area contributed by atoms with E-state index in [1.807, 2.05) is 0 Å². The molecule has 0 rings (SSSR count). The van der Waals surface area contributed by atoms with Crippen molar-refractivity contribution in [1.82, 2.24) is 0 Å². The molecule has 0 spiro atoms. The number of alkyl halides is 16. The summed E-state index contributed by atoms with van der Waals surface area (Å²) >= 11 is 3.36. The predicted molar refractivity (Wildman–Crippen MR) is 46.5 cm³/mol. The summed E-state index contributed by atoms with van der Waals surface area (Å²) in [5.74, 6) is -46.3. The van der Waals surface area contributed by atoms with Gasteiger partial charge in [0.25, 0.3) is 0 Å². The smallest absolute Gasteiger partial charge is 0.244 e. The zero-order valence-corrected chi connectivity index (χ0v) is 11.0. The topological polar surface area (TPSA) is 0 Å². The van der Waals surface area contributed by atoms with Gasteiger partial charge in [-0.3, -0.25) is 0 Å². The normalized spacial score (nSPS) is 16.5. The maximum Gasteiger partial charge on any atom is 0.393 e.